The molecular weight excluding hydrogens is 242 g/mol. The molecule has 104 valence electrons. The second-order valence-electron chi connectivity index (χ2n) is 6.31. The van der Waals surface area contributed by atoms with Crippen molar-refractivity contribution in [3.05, 3.63) is 46.5 Å². The van der Waals surface area contributed by atoms with E-state index in [2.05, 4.69) is 70.4 Å². The molecule has 1 heterocycles. The Morgan fingerprint density at radius 2 is 1.00 bits per heavy atom. The molecule has 1 heteroatoms. The fourth-order valence-electron chi connectivity index (χ4n) is 3.47. The molecule has 0 amide bonds. The van der Waals surface area contributed by atoms with E-state index in [1.807, 2.05) is 0 Å². The smallest absolute Gasteiger partial charge is 0.0526 e. The van der Waals surface area contributed by atoms with Crippen LogP contribution in [-0.2, 0) is 0 Å². The third-order valence-electron chi connectivity index (χ3n) is 4.42. The third kappa shape index (κ3) is 1.62. The second-order valence-corrected chi connectivity index (χ2v) is 6.31. The Bertz CT molecular complexity index is 754. The predicted octanol–water partition coefficient (Wildman–Crippen LogP) is 5.61. The molecule has 0 fully saturated rings. The lowest BCUT2D eigenvalue weighted by Crippen LogP contribution is -2.02. The van der Waals surface area contributed by atoms with Gasteiger partial charge in [0.1, 0.15) is 0 Å². The van der Waals surface area contributed by atoms with E-state index in [0.29, 0.717) is 6.04 Å². The minimum absolute atomic E-state index is 0.469. The second kappa shape index (κ2) is 4.37. The quantitative estimate of drug-likeness (QED) is 0.539. The van der Waals surface area contributed by atoms with E-state index in [1.165, 1.54) is 44.1 Å². The summed E-state index contributed by atoms with van der Waals surface area (Å²) in [6, 6.07) is 9.48. The number of aryl methyl sites for hydroxylation is 4. The van der Waals surface area contributed by atoms with Gasteiger partial charge in [0, 0.05) is 16.8 Å². The Balaban J connectivity index is 2.75. The first kappa shape index (κ1) is 13.2. The molecule has 0 saturated carbocycles. The van der Waals surface area contributed by atoms with Crippen molar-refractivity contribution in [3.8, 4) is 0 Å². The maximum atomic E-state index is 2.52. The number of benzene rings is 2. The van der Waals surface area contributed by atoms with Crippen molar-refractivity contribution < 1.29 is 0 Å². The van der Waals surface area contributed by atoms with Crippen LogP contribution in [0.4, 0.5) is 0 Å². The Morgan fingerprint density at radius 3 is 1.35 bits per heavy atom. The van der Waals surface area contributed by atoms with Gasteiger partial charge in [0.05, 0.1) is 11.0 Å². The highest BCUT2D eigenvalue weighted by Crippen LogP contribution is 2.38. The lowest BCUT2D eigenvalue weighted by molar-refractivity contribution is 0.640. The summed E-state index contributed by atoms with van der Waals surface area (Å²) in [5, 5.41) is 2.88. The molecule has 1 aromatic heterocycles. The Hall–Kier alpha value is -1.76. The largest absolute Gasteiger partial charge is 0.337 e. The van der Waals surface area contributed by atoms with Crippen LogP contribution >= 0.6 is 0 Å². The highest BCUT2D eigenvalue weighted by atomic mass is 15.0. The normalized spacial score (nSPS) is 11.9. The SMILES string of the molecule is Cc1ccc(C)c2c1c1c(C)ccc(C)c1n2C(C)C. The number of hydrogen-bond donors (Lipinski definition) is 0. The van der Waals surface area contributed by atoms with Crippen molar-refractivity contribution in [1.29, 1.82) is 0 Å². The van der Waals surface area contributed by atoms with Gasteiger partial charge in [-0.15, -0.1) is 0 Å². The molecule has 0 spiro atoms. The van der Waals surface area contributed by atoms with Crippen molar-refractivity contribution in [2.45, 2.75) is 47.6 Å². The first-order valence-electron chi connectivity index (χ1n) is 7.43. The molecule has 1 nitrogen and oxygen atoms in total. The molecule has 0 aliphatic carbocycles. The molecule has 2 aromatic carbocycles. The zero-order valence-electron chi connectivity index (χ0n) is 13.3. The van der Waals surface area contributed by atoms with Gasteiger partial charge in [0.25, 0.3) is 0 Å². The molecule has 3 aromatic rings. The minimum Gasteiger partial charge on any atom is -0.337 e. The third-order valence-corrected chi connectivity index (χ3v) is 4.42. The summed E-state index contributed by atoms with van der Waals surface area (Å²) >= 11 is 0. The molecule has 0 aliphatic rings. The predicted molar refractivity (Wildman–Crippen MR) is 88.8 cm³/mol. The summed E-state index contributed by atoms with van der Waals surface area (Å²) in [5.41, 5.74) is 8.32. The van der Waals surface area contributed by atoms with Gasteiger partial charge >= 0.3 is 0 Å². The molecule has 0 saturated heterocycles. The van der Waals surface area contributed by atoms with Crippen molar-refractivity contribution in [1.82, 2.24) is 4.57 Å². The number of fused-ring (bicyclic) bond motifs is 3. The van der Waals surface area contributed by atoms with E-state index in [0.717, 1.165) is 0 Å². The van der Waals surface area contributed by atoms with Crippen LogP contribution in [0.3, 0.4) is 0 Å². The van der Waals surface area contributed by atoms with E-state index >= 15 is 0 Å². The van der Waals surface area contributed by atoms with E-state index in [-0.39, 0.29) is 0 Å². The fourth-order valence-corrected chi connectivity index (χ4v) is 3.47. The Morgan fingerprint density at radius 1 is 0.650 bits per heavy atom. The number of rotatable bonds is 1. The van der Waals surface area contributed by atoms with Crippen molar-refractivity contribution in [2.24, 2.45) is 0 Å². The van der Waals surface area contributed by atoms with Gasteiger partial charge in [-0.2, -0.15) is 0 Å². The van der Waals surface area contributed by atoms with E-state index in [9.17, 15) is 0 Å². The van der Waals surface area contributed by atoms with Crippen LogP contribution in [0.15, 0.2) is 24.3 Å². The van der Waals surface area contributed by atoms with E-state index in [4.69, 9.17) is 0 Å². The summed E-state index contributed by atoms with van der Waals surface area (Å²) in [7, 11) is 0. The molecule has 0 unspecified atom stereocenters. The lowest BCUT2D eigenvalue weighted by atomic mass is 10.0. The molecule has 0 atom stereocenters. The van der Waals surface area contributed by atoms with Gasteiger partial charge in [0.15, 0.2) is 0 Å². The summed E-state index contributed by atoms with van der Waals surface area (Å²) in [5.74, 6) is 0. The topological polar surface area (TPSA) is 4.93 Å². The van der Waals surface area contributed by atoms with Crippen molar-refractivity contribution in [2.75, 3.05) is 0 Å². The number of nitrogens with zero attached hydrogens (tertiary/aromatic N) is 1. The van der Waals surface area contributed by atoms with Crippen LogP contribution in [0.25, 0.3) is 21.8 Å². The zero-order valence-corrected chi connectivity index (χ0v) is 13.3. The zero-order chi connectivity index (χ0) is 14.6. The molecule has 3 rings (SSSR count). The van der Waals surface area contributed by atoms with Crippen molar-refractivity contribution >= 4 is 21.8 Å². The molecule has 0 N–H and O–H groups in total. The monoisotopic (exact) mass is 265 g/mol. The molecule has 0 bridgehead atoms. The van der Waals surface area contributed by atoms with Gasteiger partial charge < -0.3 is 4.57 Å². The summed E-state index contributed by atoms with van der Waals surface area (Å²) < 4.78 is 2.52. The summed E-state index contributed by atoms with van der Waals surface area (Å²) in [4.78, 5) is 0. The molecule has 0 aliphatic heterocycles. The van der Waals surface area contributed by atoms with Gasteiger partial charge in [-0.3, -0.25) is 0 Å². The van der Waals surface area contributed by atoms with Gasteiger partial charge in [-0.25, -0.2) is 0 Å². The van der Waals surface area contributed by atoms with Crippen LogP contribution < -0.4 is 0 Å². The summed E-state index contributed by atoms with van der Waals surface area (Å²) in [6.07, 6.45) is 0. The molecule has 20 heavy (non-hydrogen) atoms. The molecule has 0 radical (unpaired) electrons. The molecular formula is C19H23N. The highest BCUT2D eigenvalue weighted by Gasteiger charge is 2.18. The minimum atomic E-state index is 0.469. The maximum absolute atomic E-state index is 2.52. The van der Waals surface area contributed by atoms with E-state index in [1.54, 1.807) is 0 Å². The fraction of sp³-hybridized carbons (Fsp3) is 0.368. The summed E-state index contributed by atoms with van der Waals surface area (Å²) in [6.45, 7) is 13.5. The van der Waals surface area contributed by atoms with Gasteiger partial charge in [-0.1, -0.05) is 24.3 Å². The van der Waals surface area contributed by atoms with Crippen LogP contribution in [0.5, 0.6) is 0 Å². The average Bonchev–Trinajstić information content (AvgIpc) is 2.77. The first-order valence-corrected chi connectivity index (χ1v) is 7.43. The van der Waals surface area contributed by atoms with Gasteiger partial charge in [-0.05, 0) is 63.8 Å². The average molecular weight is 265 g/mol. The Kier molecular flexibility index (Phi) is 2.89. The number of aromatic nitrogens is 1. The highest BCUT2D eigenvalue weighted by molar-refractivity contribution is 6.13. The Labute approximate surface area is 121 Å². The maximum Gasteiger partial charge on any atom is 0.0526 e. The number of hydrogen-bond acceptors (Lipinski definition) is 0. The van der Waals surface area contributed by atoms with Gasteiger partial charge in [0.2, 0.25) is 0 Å². The standard InChI is InChI=1S/C19H23N/c1-11(2)20-18-14(5)9-7-12(3)16(18)17-13(4)8-10-15(6)19(17)20/h7-11H,1-6H3. The van der Waals surface area contributed by atoms with Crippen LogP contribution in [0.1, 0.15) is 42.1 Å². The lowest BCUT2D eigenvalue weighted by Gasteiger charge is -2.14. The van der Waals surface area contributed by atoms with Crippen molar-refractivity contribution in [3.63, 3.8) is 0 Å². The van der Waals surface area contributed by atoms with E-state index < -0.39 is 0 Å². The van der Waals surface area contributed by atoms with Crippen LogP contribution in [0.2, 0.25) is 0 Å². The first-order chi connectivity index (χ1) is 9.43. The van der Waals surface area contributed by atoms with Crippen LogP contribution in [0, 0.1) is 27.7 Å². The van der Waals surface area contributed by atoms with Crippen LogP contribution in [-0.4, -0.2) is 4.57 Å².